The normalized spacial score (nSPS) is 13.8. The molecule has 2 N–H and O–H groups in total. The summed E-state index contributed by atoms with van der Waals surface area (Å²) in [7, 11) is 0. The topological polar surface area (TPSA) is 75.4 Å². The summed E-state index contributed by atoms with van der Waals surface area (Å²) in [4.78, 5) is 11.5. The number of hydrogen-bond donors (Lipinski definition) is 2. The number of piperidine rings is 1. The van der Waals surface area contributed by atoms with Crippen LogP contribution in [0.5, 0.6) is 5.75 Å². The van der Waals surface area contributed by atoms with Crippen molar-refractivity contribution in [2.24, 2.45) is 0 Å². The maximum Gasteiger partial charge on any atom is 0.141 e. The molecule has 43 heavy (non-hydrogen) atoms. The predicted octanol–water partition coefficient (Wildman–Crippen LogP) is 7.10. The second-order valence-electron chi connectivity index (χ2n) is 11.0. The van der Waals surface area contributed by atoms with E-state index in [1.54, 1.807) is 24.3 Å². The Balaban J connectivity index is 1.20. The van der Waals surface area contributed by atoms with Crippen LogP contribution in [0.15, 0.2) is 79.4 Å². The molecule has 0 atom stereocenters. The van der Waals surface area contributed by atoms with Gasteiger partial charge in [-0.2, -0.15) is 0 Å². The number of nitrogens with zero attached hydrogens (tertiary/aromatic N) is 4. The molecule has 0 saturated carbocycles. The highest BCUT2D eigenvalue weighted by Gasteiger charge is 2.14. The highest BCUT2D eigenvalue weighted by Crippen LogP contribution is 2.32. The minimum absolute atomic E-state index is 0.123. The molecular weight excluding hydrogens is 565 g/mol. The molecule has 1 fully saturated rings. The number of rotatable bonds is 11. The number of hydrogen-bond acceptors (Lipinski definition) is 6. The summed E-state index contributed by atoms with van der Waals surface area (Å²) in [6, 6.07) is 17.9. The Bertz CT molecular complexity index is 1700. The first-order chi connectivity index (χ1) is 21.1. The summed E-state index contributed by atoms with van der Waals surface area (Å²) in [5.74, 6) is 0.862. The average Bonchev–Trinajstić information content (AvgIpc) is 3.43. The first-order valence-electron chi connectivity index (χ1n) is 14.8. The van der Waals surface area contributed by atoms with Gasteiger partial charge in [-0.1, -0.05) is 30.2 Å². The lowest BCUT2D eigenvalue weighted by atomic mass is 10.1. The third kappa shape index (κ3) is 7.16. The van der Waals surface area contributed by atoms with Crippen molar-refractivity contribution in [3.63, 3.8) is 0 Å². The molecule has 1 saturated heterocycles. The summed E-state index contributed by atoms with van der Waals surface area (Å²) >= 11 is 6.54. The number of aliphatic hydroxyl groups is 1. The summed E-state index contributed by atoms with van der Waals surface area (Å²) in [5, 5.41) is 14.4. The van der Waals surface area contributed by atoms with Crippen LogP contribution in [-0.4, -0.2) is 50.8 Å². The summed E-state index contributed by atoms with van der Waals surface area (Å²) in [6.45, 7) is 3.72. The van der Waals surface area contributed by atoms with Gasteiger partial charge >= 0.3 is 0 Å². The van der Waals surface area contributed by atoms with Crippen molar-refractivity contribution in [3.05, 3.63) is 107 Å². The Morgan fingerprint density at radius 1 is 0.930 bits per heavy atom. The summed E-state index contributed by atoms with van der Waals surface area (Å²) < 4.78 is 21.5. The van der Waals surface area contributed by atoms with Crippen LogP contribution in [0.4, 0.5) is 15.9 Å². The van der Waals surface area contributed by atoms with Crippen molar-refractivity contribution in [1.82, 2.24) is 19.4 Å². The van der Waals surface area contributed by atoms with Crippen LogP contribution in [0.1, 0.15) is 36.0 Å². The van der Waals surface area contributed by atoms with E-state index in [0.717, 1.165) is 40.8 Å². The van der Waals surface area contributed by atoms with Crippen LogP contribution in [-0.2, 0) is 19.4 Å². The number of anilines is 2. The molecular formula is C34H35ClFN5O2. The number of nitrogens with one attached hydrogen (secondary N) is 1. The second kappa shape index (κ2) is 13.5. The Morgan fingerprint density at radius 3 is 2.56 bits per heavy atom. The molecule has 0 bridgehead atoms. The fourth-order valence-electron chi connectivity index (χ4n) is 5.65. The molecule has 2 aromatic heterocycles. The molecule has 3 heterocycles. The number of aliphatic hydroxyl groups excluding tert-OH is 1. The largest absolute Gasteiger partial charge is 0.487 e. The number of halogens is 2. The predicted molar refractivity (Wildman–Crippen MR) is 169 cm³/mol. The monoisotopic (exact) mass is 599 g/mol. The molecule has 0 unspecified atom stereocenters. The van der Waals surface area contributed by atoms with Gasteiger partial charge in [0.25, 0.3) is 0 Å². The highest BCUT2D eigenvalue weighted by molar-refractivity contribution is 6.32. The standard InChI is InChI=1S/C34H35ClFN5O2/c35-31-18-28(7-10-33(31)43-22-24-5-4-6-27(36)17-24)39-34-30-19-29(8-9-32(30)37-23-38-34)41-20-25(26(21-41)12-16-42)11-15-40-13-2-1-3-14-40/h4-10,17-21,23,42H,1-3,11-16,22H2,(H,37,38,39). The first-order valence-corrected chi connectivity index (χ1v) is 15.2. The van der Waals surface area contributed by atoms with Gasteiger partial charge in [-0.15, -0.1) is 0 Å². The van der Waals surface area contributed by atoms with E-state index in [4.69, 9.17) is 16.3 Å². The van der Waals surface area contributed by atoms with Crippen molar-refractivity contribution in [3.8, 4) is 11.4 Å². The van der Waals surface area contributed by atoms with Gasteiger partial charge in [0.15, 0.2) is 0 Å². The van der Waals surface area contributed by atoms with E-state index >= 15 is 0 Å². The minimum atomic E-state index is -0.303. The lowest BCUT2D eigenvalue weighted by Gasteiger charge is -2.26. The third-order valence-electron chi connectivity index (χ3n) is 7.92. The van der Waals surface area contributed by atoms with E-state index in [1.807, 2.05) is 12.1 Å². The van der Waals surface area contributed by atoms with Crippen molar-refractivity contribution < 1.29 is 14.2 Å². The zero-order chi connectivity index (χ0) is 29.6. The van der Waals surface area contributed by atoms with E-state index in [9.17, 15) is 9.50 Å². The van der Waals surface area contributed by atoms with Crippen LogP contribution in [0, 0.1) is 5.82 Å². The van der Waals surface area contributed by atoms with Crippen LogP contribution < -0.4 is 10.1 Å². The Kier molecular flexibility index (Phi) is 9.17. The van der Waals surface area contributed by atoms with Crippen molar-refractivity contribution in [2.75, 3.05) is 31.6 Å². The van der Waals surface area contributed by atoms with Crippen molar-refractivity contribution in [1.29, 1.82) is 0 Å². The maximum absolute atomic E-state index is 13.5. The smallest absolute Gasteiger partial charge is 0.141 e. The molecule has 1 aliphatic heterocycles. The zero-order valence-corrected chi connectivity index (χ0v) is 24.7. The maximum atomic E-state index is 13.5. The van der Waals surface area contributed by atoms with E-state index in [1.165, 1.54) is 61.9 Å². The van der Waals surface area contributed by atoms with Crippen molar-refractivity contribution in [2.45, 2.75) is 38.7 Å². The molecule has 1 aliphatic rings. The molecule has 7 nitrogen and oxygen atoms in total. The minimum Gasteiger partial charge on any atom is -0.487 e. The lowest BCUT2D eigenvalue weighted by Crippen LogP contribution is -2.31. The average molecular weight is 600 g/mol. The quantitative estimate of drug-likeness (QED) is 0.169. The third-order valence-corrected chi connectivity index (χ3v) is 8.22. The fourth-order valence-corrected chi connectivity index (χ4v) is 5.88. The van der Waals surface area contributed by atoms with E-state index in [0.29, 0.717) is 23.0 Å². The Labute approximate surface area is 255 Å². The molecule has 0 radical (unpaired) electrons. The molecule has 6 rings (SSSR count). The fraction of sp³-hybridized carbons (Fsp3) is 0.294. The summed E-state index contributed by atoms with van der Waals surface area (Å²) in [5.41, 5.74) is 5.73. The molecule has 0 aliphatic carbocycles. The molecule has 0 amide bonds. The van der Waals surface area contributed by atoms with Crippen molar-refractivity contribution >= 4 is 34.0 Å². The highest BCUT2D eigenvalue weighted by atomic mass is 35.5. The molecule has 5 aromatic rings. The number of likely N-dealkylation sites (tertiary alicyclic amines) is 1. The van der Waals surface area contributed by atoms with Gasteiger partial charge in [-0.05, 0) is 104 Å². The Morgan fingerprint density at radius 2 is 1.77 bits per heavy atom. The number of aromatic nitrogens is 3. The van der Waals surface area contributed by atoms with Gasteiger partial charge in [-0.3, -0.25) is 0 Å². The van der Waals surface area contributed by atoms with Crippen LogP contribution >= 0.6 is 11.6 Å². The van der Waals surface area contributed by atoms with E-state index in [2.05, 4.69) is 49.3 Å². The molecule has 222 valence electrons. The van der Waals surface area contributed by atoms with Crippen LogP contribution in [0.25, 0.3) is 16.6 Å². The van der Waals surface area contributed by atoms with Gasteiger partial charge < -0.3 is 24.6 Å². The van der Waals surface area contributed by atoms with E-state index in [-0.39, 0.29) is 19.0 Å². The molecule has 9 heteroatoms. The Hall–Kier alpha value is -3.98. The van der Waals surface area contributed by atoms with Crippen LogP contribution in [0.2, 0.25) is 5.02 Å². The molecule has 0 spiro atoms. The second-order valence-corrected chi connectivity index (χ2v) is 11.4. The van der Waals surface area contributed by atoms with Gasteiger partial charge in [0, 0.05) is 42.3 Å². The molecule has 3 aromatic carbocycles. The summed E-state index contributed by atoms with van der Waals surface area (Å²) in [6.07, 6.45) is 11.3. The van der Waals surface area contributed by atoms with Crippen LogP contribution in [0.3, 0.4) is 0 Å². The van der Waals surface area contributed by atoms with Gasteiger partial charge in [0.2, 0.25) is 0 Å². The van der Waals surface area contributed by atoms with Gasteiger partial charge in [-0.25, -0.2) is 14.4 Å². The van der Waals surface area contributed by atoms with Gasteiger partial charge in [0.1, 0.15) is 30.3 Å². The number of fused-ring (bicyclic) bond motifs is 1. The SMILES string of the molecule is OCCc1cn(-c2ccc3ncnc(Nc4ccc(OCc5cccc(F)c5)c(Cl)c4)c3c2)cc1CCN1CCCCC1. The van der Waals surface area contributed by atoms with Gasteiger partial charge in [0.05, 0.1) is 10.5 Å². The first kappa shape index (κ1) is 29.1. The lowest BCUT2D eigenvalue weighted by molar-refractivity contribution is 0.231. The number of ether oxygens (including phenoxy) is 1. The zero-order valence-electron chi connectivity index (χ0n) is 24.0. The van der Waals surface area contributed by atoms with E-state index < -0.39 is 0 Å². The number of benzene rings is 3.